The number of nitriles is 1. The minimum absolute atomic E-state index is 0.276. The SMILES string of the molecule is N#CCc1ccncc1-c1cc(Cl)cc(Cl)c1Cl. The first-order chi connectivity index (χ1) is 8.63. The van der Waals surface area contributed by atoms with Gasteiger partial charge in [0.1, 0.15) is 0 Å². The van der Waals surface area contributed by atoms with Crippen LogP contribution < -0.4 is 0 Å². The quantitative estimate of drug-likeness (QED) is 0.748. The Hall–Kier alpha value is -1.27. The van der Waals surface area contributed by atoms with Crippen LogP contribution in [0.4, 0.5) is 0 Å². The Morgan fingerprint density at radius 2 is 1.94 bits per heavy atom. The first kappa shape index (κ1) is 13.2. The van der Waals surface area contributed by atoms with E-state index in [0.29, 0.717) is 20.6 Å². The molecular weight excluding hydrogens is 291 g/mol. The summed E-state index contributed by atoms with van der Waals surface area (Å²) in [7, 11) is 0. The third-order valence-corrected chi connectivity index (χ3v) is 3.48. The van der Waals surface area contributed by atoms with Crippen molar-refractivity contribution in [3.05, 3.63) is 51.2 Å². The van der Waals surface area contributed by atoms with Crippen LogP contribution in [0.1, 0.15) is 5.56 Å². The molecule has 0 radical (unpaired) electrons. The summed E-state index contributed by atoms with van der Waals surface area (Å²) in [5, 5.41) is 10.1. The normalized spacial score (nSPS) is 10.1. The number of aromatic nitrogens is 1. The molecule has 0 aliphatic heterocycles. The van der Waals surface area contributed by atoms with E-state index in [4.69, 9.17) is 40.1 Å². The molecule has 0 saturated heterocycles. The zero-order chi connectivity index (χ0) is 13.1. The zero-order valence-electron chi connectivity index (χ0n) is 9.12. The maximum absolute atomic E-state index is 8.81. The van der Waals surface area contributed by atoms with E-state index >= 15 is 0 Å². The van der Waals surface area contributed by atoms with Crippen LogP contribution in [0.15, 0.2) is 30.6 Å². The van der Waals surface area contributed by atoms with Crippen molar-refractivity contribution in [3.63, 3.8) is 0 Å². The predicted molar refractivity (Wildman–Crippen MR) is 74.0 cm³/mol. The van der Waals surface area contributed by atoms with Crippen LogP contribution in [0.2, 0.25) is 15.1 Å². The molecule has 0 aliphatic rings. The van der Waals surface area contributed by atoms with Gasteiger partial charge in [0.15, 0.2) is 0 Å². The highest BCUT2D eigenvalue weighted by atomic mass is 35.5. The van der Waals surface area contributed by atoms with Gasteiger partial charge in [-0.25, -0.2) is 0 Å². The highest BCUT2D eigenvalue weighted by molar-refractivity contribution is 6.45. The largest absolute Gasteiger partial charge is 0.264 e. The van der Waals surface area contributed by atoms with Crippen molar-refractivity contribution in [3.8, 4) is 17.2 Å². The van der Waals surface area contributed by atoms with Crippen LogP contribution >= 0.6 is 34.8 Å². The molecule has 1 heterocycles. The van der Waals surface area contributed by atoms with Crippen molar-refractivity contribution in [2.45, 2.75) is 6.42 Å². The van der Waals surface area contributed by atoms with Gasteiger partial charge in [0.25, 0.3) is 0 Å². The maximum atomic E-state index is 8.81. The Balaban J connectivity index is 2.66. The lowest BCUT2D eigenvalue weighted by molar-refractivity contribution is 1.21. The van der Waals surface area contributed by atoms with Crippen LogP contribution in [-0.2, 0) is 6.42 Å². The number of halogens is 3. The van der Waals surface area contributed by atoms with E-state index in [2.05, 4.69) is 11.1 Å². The van der Waals surface area contributed by atoms with Crippen molar-refractivity contribution in [1.29, 1.82) is 5.26 Å². The molecule has 0 atom stereocenters. The number of nitrogens with zero attached hydrogens (tertiary/aromatic N) is 2. The van der Waals surface area contributed by atoms with Crippen molar-refractivity contribution < 1.29 is 0 Å². The minimum Gasteiger partial charge on any atom is -0.264 e. The Bertz CT molecular complexity index is 633. The predicted octanol–water partition coefficient (Wildman–Crippen LogP) is 4.77. The fraction of sp³-hybridized carbons (Fsp3) is 0.0769. The van der Waals surface area contributed by atoms with Gasteiger partial charge in [0.05, 0.1) is 22.5 Å². The first-order valence-corrected chi connectivity index (χ1v) is 6.21. The molecule has 0 saturated carbocycles. The second-order valence-electron chi connectivity index (χ2n) is 3.62. The molecule has 90 valence electrons. The standard InChI is InChI=1S/C13H7Cl3N2/c14-9-5-10(13(16)12(15)6-9)11-7-18-4-2-8(11)1-3-17/h2,4-7H,1H2. The summed E-state index contributed by atoms with van der Waals surface area (Å²) in [5.74, 6) is 0. The van der Waals surface area contributed by atoms with Crippen molar-refractivity contribution in [1.82, 2.24) is 4.98 Å². The molecular formula is C13H7Cl3N2. The van der Waals surface area contributed by atoms with Crippen LogP contribution in [0.25, 0.3) is 11.1 Å². The molecule has 0 N–H and O–H groups in total. The second-order valence-corrected chi connectivity index (χ2v) is 4.84. The lowest BCUT2D eigenvalue weighted by atomic mass is 10.0. The summed E-state index contributed by atoms with van der Waals surface area (Å²) in [4.78, 5) is 4.05. The highest BCUT2D eigenvalue weighted by Crippen LogP contribution is 2.37. The molecule has 0 bridgehead atoms. The topological polar surface area (TPSA) is 36.7 Å². The lowest BCUT2D eigenvalue weighted by Gasteiger charge is -2.10. The molecule has 0 unspecified atom stereocenters. The van der Waals surface area contributed by atoms with Crippen LogP contribution in [0.5, 0.6) is 0 Å². The molecule has 2 nitrogen and oxygen atoms in total. The molecule has 0 aliphatic carbocycles. The molecule has 0 spiro atoms. The number of benzene rings is 1. The number of rotatable bonds is 2. The number of hydrogen-bond acceptors (Lipinski definition) is 2. The molecule has 0 fully saturated rings. The van der Waals surface area contributed by atoms with E-state index < -0.39 is 0 Å². The fourth-order valence-electron chi connectivity index (χ4n) is 1.66. The summed E-state index contributed by atoms with van der Waals surface area (Å²) in [5.41, 5.74) is 2.30. The van der Waals surface area contributed by atoms with Gasteiger partial charge in [-0.15, -0.1) is 0 Å². The lowest BCUT2D eigenvalue weighted by Crippen LogP contribution is -1.91. The Labute approximate surface area is 120 Å². The number of hydrogen-bond donors (Lipinski definition) is 0. The number of pyridine rings is 1. The Kier molecular flexibility index (Phi) is 4.08. The van der Waals surface area contributed by atoms with Crippen molar-refractivity contribution in [2.75, 3.05) is 0 Å². The van der Waals surface area contributed by atoms with Gasteiger partial charge in [-0.3, -0.25) is 4.98 Å². The molecule has 2 rings (SSSR count). The third-order valence-electron chi connectivity index (χ3n) is 2.46. The second kappa shape index (κ2) is 5.58. The molecule has 2 aromatic rings. The summed E-state index contributed by atoms with van der Waals surface area (Å²) < 4.78 is 0. The van der Waals surface area contributed by atoms with Gasteiger partial charge in [-0.05, 0) is 23.8 Å². The van der Waals surface area contributed by atoms with E-state index in [9.17, 15) is 0 Å². The van der Waals surface area contributed by atoms with Gasteiger partial charge in [0, 0.05) is 28.5 Å². The van der Waals surface area contributed by atoms with E-state index in [1.54, 1.807) is 30.6 Å². The average molecular weight is 298 g/mol. The molecule has 5 heteroatoms. The van der Waals surface area contributed by atoms with E-state index in [-0.39, 0.29) is 6.42 Å². The Morgan fingerprint density at radius 3 is 2.67 bits per heavy atom. The molecule has 0 amide bonds. The maximum Gasteiger partial charge on any atom is 0.0672 e. The summed E-state index contributed by atoms with van der Waals surface area (Å²) in [6.45, 7) is 0. The highest BCUT2D eigenvalue weighted by Gasteiger charge is 2.12. The van der Waals surface area contributed by atoms with E-state index in [1.807, 2.05) is 0 Å². The molecule has 1 aromatic carbocycles. The summed E-state index contributed by atoms with van der Waals surface area (Å²) in [6.07, 6.45) is 3.56. The average Bonchev–Trinajstić information content (AvgIpc) is 2.35. The summed E-state index contributed by atoms with van der Waals surface area (Å²) >= 11 is 18.1. The van der Waals surface area contributed by atoms with Gasteiger partial charge in [-0.1, -0.05) is 34.8 Å². The third kappa shape index (κ3) is 2.59. The minimum atomic E-state index is 0.276. The zero-order valence-corrected chi connectivity index (χ0v) is 11.4. The van der Waals surface area contributed by atoms with Gasteiger partial charge in [0.2, 0.25) is 0 Å². The van der Waals surface area contributed by atoms with Crippen LogP contribution in [0.3, 0.4) is 0 Å². The van der Waals surface area contributed by atoms with Crippen molar-refractivity contribution >= 4 is 34.8 Å². The first-order valence-electron chi connectivity index (χ1n) is 5.08. The van der Waals surface area contributed by atoms with Gasteiger partial charge >= 0.3 is 0 Å². The van der Waals surface area contributed by atoms with E-state index in [1.165, 1.54) is 0 Å². The van der Waals surface area contributed by atoms with Gasteiger partial charge < -0.3 is 0 Å². The Morgan fingerprint density at radius 1 is 1.17 bits per heavy atom. The summed E-state index contributed by atoms with van der Waals surface area (Å²) in [6, 6.07) is 7.18. The van der Waals surface area contributed by atoms with Crippen molar-refractivity contribution in [2.24, 2.45) is 0 Å². The van der Waals surface area contributed by atoms with Crippen LogP contribution in [0, 0.1) is 11.3 Å². The molecule has 1 aromatic heterocycles. The molecule has 18 heavy (non-hydrogen) atoms. The van der Waals surface area contributed by atoms with Gasteiger partial charge in [-0.2, -0.15) is 5.26 Å². The van der Waals surface area contributed by atoms with Crippen LogP contribution in [-0.4, -0.2) is 4.98 Å². The van der Waals surface area contributed by atoms with E-state index in [0.717, 1.165) is 11.1 Å². The monoisotopic (exact) mass is 296 g/mol. The smallest absolute Gasteiger partial charge is 0.0672 e. The fourth-order valence-corrected chi connectivity index (χ4v) is 2.36.